The zero-order chi connectivity index (χ0) is 12.7. The molecule has 2 atom stereocenters. The van der Waals surface area contributed by atoms with Crippen molar-refractivity contribution in [2.75, 3.05) is 19.8 Å². The van der Waals surface area contributed by atoms with E-state index in [9.17, 15) is 9.50 Å². The first-order chi connectivity index (χ1) is 8.11. The molecule has 17 heavy (non-hydrogen) atoms. The molecule has 0 saturated heterocycles. The molecule has 4 heteroatoms. The smallest absolute Gasteiger partial charge is 0.119 e. The molecular formula is C13H20FNO2. The molecule has 0 saturated carbocycles. The molecule has 0 bridgehead atoms. The second kappa shape index (κ2) is 7.25. The molecule has 0 amide bonds. The van der Waals surface area contributed by atoms with Crippen LogP contribution in [0, 0.1) is 6.92 Å². The summed E-state index contributed by atoms with van der Waals surface area (Å²) in [5, 5.41) is 12.5. The van der Waals surface area contributed by atoms with Crippen LogP contribution in [0.25, 0.3) is 0 Å². The van der Waals surface area contributed by atoms with Gasteiger partial charge in [-0.05, 0) is 31.5 Å². The first-order valence-corrected chi connectivity index (χ1v) is 5.78. The minimum atomic E-state index is -0.635. The van der Waals surface area contributed by atoms with E-state index in [4.69, 9.17) is 4.74 Å². The Balaban J connectivity index is 2.26. The normalized spacial score (nSPS) is 14.4. The van der Waals surface area contributed by atoms with Gasteiger partial charge in [-0.1, -0.05) is 12.1 Å². The summed E-state index contributed by atoms with van der Waals surface area (Å²) in [6.07, 6.45) is -0.635. The molecular weight excluding hydrogens is 220 g/mol. The van der Waals surface area contributed by atoms with Crippen LogP contribution in [0.15, 0.2) is 24.3 Å². The van der Waals surface area contributed by atoms with Crippen LogP contribution in [-0.2, 0) is 0 Å². The Morgan fingerprint density at radius 1 is 1.47 bits per heavy atom. The Kier molecular flexibility index (Phi) is 5.94. The fourth-order valence-electron chi connectivity index (χ4n) is 1.35. The van der Waals surface area contributed by atoms with Gasteiger partial charge >= 0.3 is 0 Å². The Morgan fingerprint density at radius 3 is 2.88 bits per heavy atom. The molecule has 1 unspecified atom stereocenters. The van der Waals surface area contributed by atoms with Gasteiger partial charge in [-0.3, -0.25) is 0 Å². The lowest BCUT2D eigenvalue weighted by Gasteiger charge is -2.15. The molecule has 0 radical (unpaired) electrons. The lowest BCUT2D eigenvalue weighted by atomic mass is 10.2. The second-order valence-electron chi connectivity index (χ2n) is 4.24. The van der Waals surface area contributed by atoms with Crippen molar-refractivity contribution in [1.29, 1.82) is 0 Å². The van der Waals surface area contributed by atoms with Crippen molar-refractivity contribution in [3.63, 3.8) is 0 Å². The molecule has 0 heterocycles. The third-order valence-corrected chi connectivity index (χ3v) is 2.37. The zero-order valence-corrected chi connectivity index (χ0v) is 10.3. The van der Waals surface area contributed by atoms with E-state index in [0.717, 1.165) is 11.3 Å². The Morgan fingerprint density at radius 2 is 2.24 bits per heavy atom. The van der Waals surface area contributed by atoms with E-state index >= 15 is 0 Å². The minimum absolute atomic E-state index is 0.204. The van der Waals surface area contributed by atoms with Crippen molar-refractivity contribution < 1.29 is 14.2 Å². The van der Waals surface area contributed by atoms with Crippen LogP contribution in [0.2, 0.25) is 0 Å². The highest BCUT2D eigenvalue weighted by atomic mass is 18.2. The van der Waals surface area contributed by atoms with Crippen LogP contribution in [0.3, 0.4) is 0 Å². The summed E-state index contributed by atoms with van der Waals surface area (Å²) >= 11 is 0. The summed E-state index contributed by atoms with van der Waals surface area (Å²) < 4.78 is 17.6. The van der Waals surface area contributed by atoms with Gasteiger partial charge in [0.05, 0.1) is 0 Å². The predicted octanol–water partition coefficient (Wildman–Crippen LogP) is 1.68. The van der Waals surface area contributed by atoms with Gasteiger partial charge < -0.3 is 15.2 Å². The Hall–Kier alpha value is -1.13. The van der Waals surface area contributed by atoms with Gasteiger partial charge in [0.15, 0.2) is 0 Å². The van der Waals surface area contributed by atoms with Crippen molar-refractivity contribution in [2.24, 2.45) is 0 Å². The zero-order valence-electron chi connectivity index (χ0n) is 10.3. The molecule has 1 rings (SSSR count). The number of ether oxygens (including phenoxy) is 1. The highest BCUT2D eigenvalue weighted by molar-refractivity contribution is 5.27. The van der Waals surface area contributed by atoms with Gasteiger partial charge in [-0.25, -0.2) is 4.39 Å². The number of benzene rings is 1. The maximum atomic E-state index is 12.2. The molecule has 0 aliphatic heterocycles. The first-order valence-electron chi connectivity index (χ1n) is 5.78. The average Bonchev–Trinajstić information content (AvgIpc) is 2.33. The fourth-order valence-corrected chi connectivity index (χ4v) is 1.35. The van der Waals surface area contributed by atoms with Gasteiger partial charge in [0.1, 0.15) is 25.1 Å². The first kappa shape index (κ1) is 13.9. The number of aliphatic hydroxyl groups excluding tert-OH is 1. The lowest BCUT2D eigenvalue weighted by molar-refractivity contribution is 0.103. The van der Waals surface area contributed by atoms with E-state index < -0.39 is 12.8 Å². The van der Waals surface area contributed by atoms with E-state index in [1.807, 2.05) is 31.2 Å². The number of halogens is 1. The molecule has 0 aliphatic carbocycles. The number of aryl methyl sites for hydroxylation is 1. The summed E-state index contributed by atoms with van der Waals surface area (Å²) in [7, 11) is 0. The van der Waals surface area contributed by atoms with E-state index in [1.165, 1.54) is 0 Å². The monoisotopic (exact) mass is 240 g/mol. The fraction of sp³-hybridized carbons (Fsp3) is 0.538. The summed E-state index contributed by atoms with van der Waals surface area (Å²) in [5.41, 5.74) is 1.11. The maximum Gasteiger partial charge on any atom is 0.119 e. The molecule has 3 nitrogen and oxygen atoms in total. The quantitative estimate of drug-likeness (QED) is 0.762. The maximum absolute atomic E-state index is 12.2. The Bertz CT molecular complexity index is 333. The van der Waals surface area contributed by atoms with Crippen LogP contribution in [0.5, 0.6) is 5.75 Å². The highest BCUT2D eigenvalue weighted by Gasteiger charge is 2.07. The van der Waals surface area contributed by atoms with Crippen molar-refractivity contribution in [3.05, 3.63) is 29.8 Å². The van der Waals surface area contributed by atoms with Crippen molar-refractivity contribution in [3.8, 4) is 5.75 Å². The molecule has 2 N–H and O–H groups in total. The second-order valence-corrected chi connectivity index (χ2v) is 4.24. The lowest BCUT2D eigenvalue weighted by Crippen LogP contribution is -2.37. The number of alkyl halides is 1. The molecule has 96 valence electrons. The number of rotatable bonds is 7. The molecule has 0 aliphatic rings. The summed E-state index contributed by atoms with van der Waals surface area (Å²) in [5.74, 6) is 0.739. The van der Waals surface area contributed by atoms with Crippen molar-refractivity contribution >= 4 is 0 Å². The van der Waals surface area contributed by atoms with Crippen LogP contribution in [0.4, 0.5) is 4.39 Å². The van der Waals surface area contributed by atoms with Crippen LogP contribution in [-0.4, -0.2) is 37.1 Å². The molecule has 0 spiro atoms. The van der Waals surface area contributed by atoms with Gasteiger partial charge in [0.2, 0.25) is 0 Å². The van der Waals surface area contributed by atoms with Crippen molar-refractivity contribution in [1.82, 2.24) is 5.32 Å². The summed E-state index contributed by atoms with van der Waals surface area (Å²) in [6.45, 7) is 3.81. The number of hydrogen-bond acceptors (Lipinski definition) is 3. The number of hydrogen-bond donors (Lipinski definition) is 2. The van der Waals surface area contributed by atoms with Crippen LogP contribution >= 0.6 is 0 Å². The topological polar surface area (TPSA) is 41.5 Å². The third-order valence-electron chi connectivity index (χ3n) is 2.37. The average molecular weight is 240 g/mol. The standard InChI is InChI=1S/C13H20FNO2/c1-10-4-3-5-13(6-10)17-9-12(16)8-15-11(2)7-14/h3-6,11-12,15-16H,7-9H2,1-2H3/t11?,12-/m0/s1/i14-1. The van der Waals surface area contributed by atoms with Gasteiger partial charge in [0.25, 0.3) is 0 Å². The predicted molar refractivity (Wildman–Crippen MR) is 66.1 cm³/mol. The van der Waals surface area contributed by atoms with Gasteiger partial charge in [-0.15, -0.1) is 0 Å². The summed E-state index contributed by atoms with van der Waals surface area (Å²) in [6, 6.07) is 7.40. The van der Waals surface area contributed by atoms with Crippen molar-refractivity contribution in [2.45, 2.75) is 26.0 Å². The van der Waals surface area contributed by atoms with E-state index in [-0.39, 0.29) is 12.6 Å². The van der Waals surface area contributed by atoms with E-state index in [1.54, 1.807) is 6.92 Å². The summed E-state index contributed by atoms with van der Waals surface area (Å²) in [4.78, 5) is 0. The minimum Gasteiger partial charge on any atom is -0.491 e. The Labute approximate surface area is 102 Å². The number of nitrogens with one attached hydrogen (secondary N) is 1. The highest BCUT2D eigenvalue weighted by Crippen LogP contribution is 2.12. The number of aliphatic hydroxyl groups is 1. The SMILES string of the molecule is Cc1cccc(OC[C@@H](O)CNC(C)C[18F])c1. The van der Waals surface area contributed by atoms with E-state index in [0.29, 0.717) is 6.54 Å². The molecule has 0 aromatic heterocycles. The molecule has 0 fully saturated rings. The molecule has 1 aromatic rings. The third kappa shape index (κ3) is 5.65. The van der Waals surface area contributed by atoms with Crippen LogP contribution < -0.4 is 10.1 Å². The van der Waals surface area contributed by atoms with Crippen LogP contribution in [0.1, 0.15) is 12.5 Å². The van der Waals surface area contributed by atoms with Gasteiger partial charge in [0, 0.05) is 12.6 Å². The van der Waals surface area contributed by atoms with E-state index in [2.05, 4.69) is 5.32 Å². The molecule has 1 aromatic carbocycles. The largest absolute Gasteiger partial charge is 0.491 e. The van der Waals surface area contributed by atoms with Gasteiger partial charge in [-0.2, -0.15) is 0 Å².